The van der Waals surface area contributed by atoms with Gasteiger partial charge in [-0.25, -0.2) is 0 Å². The molecule has 28 heavy (non-hydrogen) atoms. The molecule has 1 aliphatic heterocycles. The van der Waals surface area contributed by atoms with E-state index < -0.39 is 4.92 Å². The van der Waals surface area contributed by atoms with E-state index in [2.05, 4.69) is 25.4 Å². The molecule has 2 aromatic carbocycles. The van der Waals surface area contributed by atoms with Crippen LogP contribution in [0, 0.1) is 10.1 Å². The first kappa shape index (κ1) is 18.3. The van der Waals surface area contributed by atoms with E-state index in [0.717, 1.165) is 28.7 Å². The Morgan fingerprint density at radius 1 is 1.18 bits per heavy atom. The molecule has 0 aliphatic carbocycles. The van der Waals surface area contributed by atoms with Gasteiger partial charge < -0.3 is 10.2 Å². The lowest BCUT2D eigenvalue weighted by atomic mass is 10.2. The van der Waals surface area contributed by atoms with E-state index in [9.17, 15) is 10.1 Å². The smallest absolute Gasteiger partial charge is 0.269 e. The Labute approximate surface area is 169 Å². The number of aromatic nitrogens is 2. The number of nitro groups is 1. The number of anilines is 1. The maximum absolute atomic E-state index is 10.8. The van der Waals surface area contributed by atoms with Gasteiger partial charge in [0.2, 0.25) is 11.1 Å². The highest BCUT2D eigenvalue weighted by Crippen LogP contribution is 2.28. The van der Waals surface area contributed by atoms with Crippen molar-refractivity contribution in [3.63, 3.8) is 0 Å². The molecule has 0 bridgehead atoms. The van der Waals surface area contributed by atoms with E-state index in [1.807, 2.05) is 24.3 Å². The van der Waals surface area contributed by atoms with Gasteiger partial charge in [-0.2, -0.15) is 0 Å². The van der Waals surface area contributed by atoms with Crippen LogP contribution in [0.15, 0.2) is 53.5 Å². The van der Waals surface area contributed by atoms with Crippen LogP contribution in [0.5, 0.6) is 0 Å². The third-order valence-electron chi connectivity index (χ3n) is 4.22. The molecule has 0 saturated carbocycles. The first-order valence-electron chi connectivity index (χ1n) is 8.48. The first-order chi connectivity index (χ1) is 13.6. The van der Waals surface area contributed by atoms with E-state index in [0.29, 0.717) is 23.2 Å². The molecule has 3 aromatic rings. The molecule has 0 saturated heterocycles. The number of halogens is 1. The lowest BCUT2D eigenvalue weighted by Gasteiger charge is -2.20. The average Bonchev–Trinajstić information content (AvgIpc) is 3.34. The van der Waals surface area contributed by atoms with Crippen LogP contribution in [0.25, 0.3) is 10.6 Å². The Bertz CT molecular complexity index is 1040. The second-order valence-corrected chi connectivity index (χ2v) is 7.44. The quantitative estimate of drug-likeness (QED) is 0.499. The Hall–Kier alpha value is -3.04. The predicted molar refractivity (Wildman–Crippen MR) is 110 cm³/mol. The largest absolute Gasteiger partial charge is 0.336 e. The molecule has 0 spiro atoms. The molecule has 0 radical (unpaired) electrons. The highest BCUT2D eigenvalue weighted by molar-refractivity contribution is 7.18. The molecule has 142 valence electrons. The van der Waals surface area contributed by atoms with Crippen LogP contribution in [0.3, 0.4) is 0 Å². The minimum Gasteiger partial charge on any atom is -0.336 e. The number of non-ortho nitro benzene ring substituents is 1. The minimum atomic E-state index is -0.428. The molecular weight excluding hydrogens is 400 g/mol. The van der Waals surface area contributed by atoms with Crippen molar-refractivity contribution < 1.29 is 4.92 Å². The monoisotopic (exact) mass is 414 g/mol. The van der Waals surface area contributed by atoms with Crippen LogP contribution in [0.4, 0.5) is 10.8 Å². The van der Waals surface area contributed by atoms with Crippen LogP contribution in [-0.2, 0) is 6.54 Å². The summed E-state index contributed by atoms with van der Waals surface area (Å²) in [5.74, 6) is 0.728. The Morgan fingerprint density at radius 2 is 1.96 bits per heavy atom. The normalized spacial score (nSPS) is 13.5. The van der Waals surface area contributed by atoms with Crippen molar-refractivity contribution in [3.05, 3.63) is 69.2 Å². The minimum absolute atomic E-state index is 0.0436. The Kier molecular flexibility index (Phi) is 5.18. The van der Waals surface area contributed by atoms with Crippen molar-refractivity contribution in [1.29, 1.82) is 0 Å². The van der Waals surface area contributed by atoms with Crippen molar-refractivity contribution >= 4 is 39.7 Å². The molecule has 0 amide bonds. The summed E-state index contributed by atoms with van der Waals surface area (Å²) in [4.78, 5) is 17.0. The fourth-order valence-corrected chi connectivity index (χ4v) is 3.74. The summed E-state index contributed by atoms with van der Waals surface area (Å²) in [6, 6.07) is 14.0. The number of nitrogens with one attached hydrogen (secondary N) is 1. The molecule has 0 unspecified atom stereocenters. The molecule has 1 aliphatic rings. The third kappa shape index (κ3) is 3.95. The van der Waals surface area contributed by atoms with Crippen molar-refractivity contribution in [3.8, 4) is 10.6 Å². The summed E-state index contributed by atoms with van der Waals surface area (Å²) in [7, 11) is 0. The number of nitrogens with zero attached hydrogens (tertiary/aromatic N) is 5. The molecular formula is C18H15ClN6O2S. The number of hydrogen-bond donors (Lipinski definition) is 1. The topological polar surface area (TPSA) is 96.5 Å². The number of rotatable bonds is 5. The number of hydrogen-bond acceptors (Lipinski definition) is 8. The van der Waals surface area contributed by atoms with E-state index in [-0.39, 0.29) is 5.69 Å². The lowest BCUT2D eigenvalue weighted by molar-refractivity contribution is -0.384. The van der Waals surface area contributed by atoms with Gasteiger partial charge in [-0.3, -0.25) is 15.1 Å². The summed E-state index contributed by atoms with van der Waals surface area (Å²) in [5.41, 5.74) is 1.85. The van der Waals surface area contributed by atoms with E-state index in [4.69, 9.17) is 11.6 Å². The summed E-state index contributed by atoms with van der Waals surface area (Å²) >= 11 is 7.62. The zero-order chi connectivity index (χ0) is 19.5. The molecule has 0 atom stereocenters. The van der Waals surface area contributed by atoms with Gasteiger partial charge in [0, 0.05) is 35.8 Å². The van der Waals surface area contributed by atoms with E-state index in [1.165, 1.54) is 23.5 Å². The van der Waals surface area contributed by atoms with E-state index in [1.54, 1.807) is 12.1 Å². The van der Waals surface area contributed by atoms with Gasteiger partial charge in [-0.15, -0.1) is 10.2 Å². The maximum Gasteiger partial charge on any atom is 0.269 e. The van der Waals surface area contributed by atoms with Gasteiger partial charge in [-0.1, -0.05) is 41.1 Å². The number of aliphatic imine (C=N–C) groups is 1. The van der Waals surface area contributed by atoms with Crippen LogP contribution < -0.4 is 5.32 Å². The number of nitro benzene ring substituents is 1. The van der Waals surface area contributed by atoms with Crippen molar-refractivity contribution in [1.82, 2.24) is 15.1 Å². The van der Waals surface area contributed by atoms with Crippen molar-refractivity contribution in [2.45, 2.75) is 6.54 Å². The van der Waals surface area contributed by atoms with Gasteiger partial charge in [0.15, 0.2) is 0 Å². The highest BCUT2D eigenvalue weighted by Gasteiger charge is 2.20. The molecule has 1 N–H and O–H groups in total. The predicted octanol–water partition coefficient (Wildman–Crippen LogP) is 4.05. The van der Waals surface area contributed by atoms with Crippen molar-refractivity contribution in [2.24, 2.45) is 4.99 Å². The summed E-state index contributed by atoms with van der Waals surface area (Å²) < 4.78 is 0. The summed E-state index contributed by atoms with van der Waals surface area (Å²) in [6.07, 6.45) is 0. The van der Waals surface area contributed by atoms with Crippen LogP contribution in [0.1, 0.15) is 5.56 Å². The third-order valence-corrected chi connectivity index (χ3v) is 5.48. The van der Waals surface area contributed by atoms with Crippen LogP contribution >= 0.6 is 22.9 Å². The molecule has 2 heterocycles. The standard InChI is InChI=1S/C18H15ClN6O2S/c19-15-4-2-1-3-13(15)11-24-10-9-20-17(24)21-18-23-22-16(28-18)12-5-7-14(8-6-12)25(26)27/h1-8H,9-11H2,(H,20,21,23). The van der Waals surface area contributed by atoms with Crippen LogP contribution in [-0.4, -0.2) is 39.1 Å². The summed E-state index contributed by atoms with van der Waals surface area (Å²) in [5, 5.41) is 24.3. The molecule has 8 nitrogen and oxygen atoms in total. The van der Waals surface area contributed by atoms with E-state index >= 15 is 0 Å². The van der Waals surface area contributed by atoms with Crippen LogP contribution in [0.2, 0.25) is 5.02 Å². The summed E-state index contributed by atoms with van der Waals surface area (Å²) in [6.45, 7) is 2.14. The first-order valence-corrected chi connectivity index (χ1v) is 9.68. The van der Waals surface area contributed by atoms with Gasteiger partial charge >= 0.3 is 0 Å². The molecule has 4 rings (SSSR count). The second kappa shape index (κ2) is 7.91. The zero-order valence-electron chi connectivity index (χ0n) is 14.6. The number of benzene rings is 2. The Balaban J connectivity index is 1.46. The SMILES string of the molecule is O=[N+]([O-])c1ccc(-c2nnc(NC3=NCCN3Cc3ccccc3Cl)s2)cc1. The fourth-order valence-electron chi connectivity index (χ4n) is 2.80. The second-order valence-electron chi connectivity index (χ2n) is 6.06. The molecule has 0 fully saturated rings. The lowest BCUT2D eigenvalue weighted by Crippen LogP contribution is -2.32. The van der Waals surface area contributed by atoms with Gasteiger partial charge in [-0.05, 0) is 23.8 Å². The Morgan fingerprint density at radius 3 is 2.71 bits per heavy atom. The maximum atomic E-state index is 10.8. The fraction of sp³-hybridized carbons (Fsp3) is 0.167. The van der Waals surface area contributed by atoms with Gasteiger partial charge in [0.25, 0.3) is 5.69 Å². The van der Waals surface area contributed by atoms with Crippen molar-refractivity contribution in [2.75, 3.05) is 18.4 Å². The molecule has 1 aromatic heterocycles. The zero-order valence-corrected chi connectivity index (χ0v) is 16.2. The van der Waals surface area contributed by atoms with Gasteiger partial charge in [0.05, 0.1) is 11.5 Å². The van der Waals surface area contributed by atoms with Gasteiger partial charge in [0.1, 0.15) is 5.01 Å². The molecule has 10 heteroatoms. The average molecular weight is 415 g/mol. The highest BCUT2D eigenvalue weighted by atomic mass is 35.5. The number of guanidine groups is 1.